The molecule has 0 radical (unpaired) electrons. The Morgan fingerprint density at radius 2 is 1.97 bits per heavy atom. The van der Waals surface area contributed by atoms with Gasteiger partial charge in [-0.2, -0.15) is 0 Å². The molecule has 9 atom stereocenters. The van der Waals surface area contributed by atoms with Gasteiger partial charge in [0.05, 0.1) is 6.10 Å². The third-order valence-corrected chi connectivity index (χ3v) is 10.1. The number of esters is 1. The smallest absolute Gasteiger partial charge is 0.303 e. The van der Waals surface area contributed by atoms with Crippen LogP contribution in [-0.2, 0) is 33.3 Å². The SMILES string of the molecule is CCOC1(CC)OCC(=O)[C@@]2(O1)[C@H](OC(C)=O)C[C@H]1[C@@H]3CCC4=CC(=O)C=C[C@]4(C)[C@@]3(F)[C@@H](O)C[C@@]12C. The Morgan fingerprint density at radius 1 is 1.24 bits per heavy atom. The van der Waals surface area contributed by atoms with E-state index in [0.29, 0.717) is 18.4 Å². The zero-order chi connectivity index (χ0) is 27.0. The van der Waals surface area contributed by atoms with Gasteiger partial charge in [0.25, 0.3) is 5.97 Å². The highest BCUT2D eigenvalue weighted by molar-refractivity contribution is 6.01. The molecule has 37 heavy (non-hydrogen) atoms. The fourth-order valence-corrected chi connectivity index (χ4v) is 8.38. The van der Waals surface area contributed by atoms with E-state index in [-0.39, 0.29) is 38.3 Å². The normalized spacial score (nSPS) is 48.8. The van der Waals surface area contributed by atoms with Crippen LogP contribution in [0, 0.1) is 22.7 Å². The largest absolute Gasteiger partial charge is 0.459 e. The number of halogens is 1. The van der Waals surface area contributed by atoms with Crippen molar-refractivity contribution in [2.24, 2.45) is 22.7 Å². The number of allylic oxidation sites excluding steroid dienone is 4. The molecule has 4 fully saturated rings. The number of aliphatic hydroxyl groups excluding tert-OH is 1. The summed E-state index contributed by atoms with van der Waals surface area (Å²) in [6.07, 6.45) is 3.24. The van der Waals surface area contributed by atoms with Crippen molar-refractivity contribution in [2.45, 2.75) is 96.2 Å². The first-order valence-corrected chi connectivity index (χ1v) is 13.3. The van der Waals surface area contributed by atoms with Gasteiger partial charge in [0.2, 0.25) is 0 Å². The number of carbonyl (C=O) groups excluding carboxylic acids is 3. The molecule has 1 heterocycles. The van der Waals surface area contributed by atoms with Crippen molar-refractivity contribution in [3.63, 3.8) is 0 Å². The van der Waals surface area contributed by atoms with E-state index in [0.717, 1.165) is 0 Å². The summed E-state index contributed by atoms with van der Waals surface area (Å²) in [5.74, 6) is -3.82. The maximum absolute atomic E-state index is 17.5. The molecule has 4 aliphatic carbocycles. The Bertz CT molecular complexity index is 1090. The van der Waals surface area contributed by atoms with Gasteiger partial charge in [0.15, 0.2) is 22.8 Å². The second-order valence-corrected chi connectivity index (χ2v) is 11.6. The van der Waals surface area contributed by atoms with Crippen LogP contribution >= 0.6 is 0 Å². The number of hydrogen-bond acceptors (Lipinski definition) is 8. The summed E-state index contributed by atoms with van der Waals surface area (Å²) in [7, 11) is 0. The highest BCUT2D eigenvalue weighted by Crippen LogP contribution is 2.71. The van der Waals surface area contributed by atoms with Gasteiger partial charge in [-0.15, -0.1) is 0 Å². The fourth-order valence-electron chi connectivity index (χ4n) is 8.38. The van der Waals surface area contributed by atoms with E-state index in [2.05, 4.69) is 0 Å². The van der Waals surface area contributed by atoms with Crippen LogP contribution in [0.15, 0.2) is 23.8 Å². The number of fused-ring (bicyclic) bond motifs is 6. The first-order chi connectivity index (χ1) is 17.3. The van der Waals surface area contributed by atoms with Crippen LogP contribution < -0.4 is 0 Å². The molecule has 0 amide bonds. The monoisotopic (exact) mass is 520 g/mol. The summed E-state index contributed by atoms with van der Waals surface area (Å²) in [5.41, 5.74) is -5.33. The summed E-state index contributed by atoms with van der Waals surface area (Å²) in [6.45, 7) is 8.39. The van der Waals surface area contributed by atoms with Gasteiger partial charge in [-0.3, -0.25) is 14.4 Å². The predicted molar refractivity (Wildman–Crippen MR) is 129 cm³/mol. The molecule has 5 rings (SSSR count). The number of alkyl halides is 1. The molecule has 204 valence electrons. The maximum atomic E-state index is 17.5. The summed E-state index contributed by atoms with van der Waals surface area (Å²) < 4.78 is 41.4. The van der Waals surface area contributed by atoms with Gasteiger partial charge in [0, 0.05) is 36.7 Å². The molecule has 0 aromatic rings. The van der Waals surface area contributed by atoms with Crippen molar-refractivity contribution in [1.29, 1.82) is 0 Å². The molecule has 0 aromatic heterocycles. The molecule has 1 aliphatic heterocycles. The molecule has 0 aromatic carbocycles. The van der Waals surface area contributed by atoms with E-state index in [9.17, 15) is 19.5 Å². The van der Waals surface area contributed by atoms with Crippen molar-refractivity contribution >= 4 is 17.5 Å². The van der Waals surface area contributed by atoms with Crippen molar-refractivity contribution in [2.75, 3.05) is 13.2 Å². The van der Waals surface area contributed by atoms with Gasteiger partial charge in [-0.25, -0.2) is 4.39 Å². The van der Waals surface area contributed by atoms with Crippen molar-refractivity contribution < 1.29 is 42.8 Å². The molecule has 5 aliphatic rings. The molecular formula is C28H37FO8. The zero-order valence-electron chi connectivity index (χ0n) is 22.2. The first-order valence-electron chi connectivity index (χ1n) is 13.3. The quantitative estimate of drug-likeness (QED) is 0.563. The highest BCUT2D eigenvalue weighted by Gasteiger charge is 2.79. The van der Waals surface area contributed by atoms with E-state index < -0.39 is 63.9 Å². The van der Waals surface area contributed by atoms with Crippen LogP contribution in [0.5, 0.6) is 0 Å². The number of ketones is 2. The average Bonchev–Trinajstić information content (AvgIpc) is 3.05. The lowest BCUT2D eigenvalue weighted by molar-refractivity contribution is -0.437. The number of hydrogen-bond donors (Lipinski definition) is 1. The summed E-state index contributed by atoms with van der Waals surface area (Å²) in [5, 5.41) is 11.6. The number of rotatable bonds is 4. The number of aliphatic hydroxyl groups is 1. The minimum Gasteiger partial charge on any atom is -0.459 e. The Balaban J connectivity index is 1.65. The molecule has 3 saturated carbocycles. The fraction of sp³-hybridized carbons (Fsp3) is 0.750. The lowest BCUT2D eigenvalue weighted by Gasteiger charge is -2.63. The molecule has 1 unspecified atom stereocenters. The predicted octanol–water partition coefficient (Wildman–Crippen LogP) is 3.35. The molecule has 1 saturated heterocycles. The highest BCUT2D eigenvalue weighted by atomic mass is 19.1. The molecule has 1 N–H and O–H groups in total. The minimum atomic E-state index is -2.08. The van der Waals surface area contributed by atoms with Crippen LogP contribution in [0.4, 0.5) is 4.39 Å². The topological polar surface area (TPSA) is 108 Å². The summed E-state index contributed by atoms with van der Waals surface area (Å²) in [4.78, 5) is 38.2. The molecular weight excluding hydrogens is 483 g/mol. The number of ether oxygens (including phenoxy) is 4. The minimum absolute atomic E-state index is 0.0925. The lowest BCUT2D eigenvalue weighted by atomic mass is 9.44. The zero-order valence-corrected chi connectivity index (χ0v) is 22.2. The van der Waals surface area contributed by atoms with Crippen LogP contribution in [0.1, 0.15) is 66.7 Å². The maximum Gasteiger partial charge on any atom is 0.303 e. The third kappa shape index (κ3) is 3.30. The van der Waals surface area contributed by atoms with E-state index in [4.69, 9.17) is 18.9 Å². The van der Waals surface area contributed by atoms with Crippen LogP contribution in [-0.4, -0.2) is 65.3 Å². The number of carbonyl (C=O) groups is 3. The van der Waals surface area contributed by atoms with E-state index >= 15 is 4.39 Å². The Kier molecular flexibility index (Phi) is 6.15. The number of Topliss-reactive ketones (excluding diaryl/α,β-unsaturated/α-hetero) is 1. The van der Waals surface area contributed by atoms with Gasteiger partial charge in [-0.05, 0) is 57.6 Å². The van der Waals surface area contributed by atoms with Crippen LogP contribution in [0.2, 0.25) is 0 Å². The van der Waals surface area contributed by atoms with E-state index in [1.807, 2.05) is 13.8 Å². The second kappa shape index (κ2) is 8.53. The molecule has 1 spiro atoms. The van der Waals surface area contributed by atoms with Crippen molar-refractivity contribution in [1.82, 2.24) is 0 Å². The lowest BCUT2D eigenvalue weighted by Crippen LogP contribution is -2.73. The second-order valence-electron chi connectivity index (χ2n) is 11.6. The molecule has 0 bridgehead atoms. The molecule has 9 heteroatoms. The van der Waals surface area contributed by atoms with Crippen LogP contribution in [0.3, 0.4) is 0 Å². The summed E-state index contributed by atoms with van der Waals surface area (Å²) in [6, 6.07) is 0. The molecule has 8 nitrogen and oxygen atoms in total. The average molecular weight is 521 g/mol. The van der Waals surface area contributed by atoms with Gasteiger partial charge >= 0.3 is 5.97 Å². The van der Waals surface area contributed by atoms with E-state index in [1.165, 1.54) is 19.1 Å². The Hall–Kier alpha value is -1.94. The van der Waals surface area contributed by atoms with Gasteiger partial charge in [-0.1, -0.05) is 25.5 Å². The van der Waals surface area contributed by atoms with E-state index in [1.54, 1.807) is 19.9 Å². The first kappa shape index (κ1) is 26.7. The Morgan fingerprint density at radius 3 is 2.62 bits per heavy atom. The Labute approximate surface area is 216 Å². The standard InChI is InChI=1S/C28H37FO8/c1-6-26(34-7-2)35-15-22(33)28(37-26)23(36-16(3)30)13-20-19-9-8-17-12-18(31)10-11-24(17,4)27(19,29)21(32)14-25(20,28)5/h10-12,19-21,23,32H,6-9,13-15H2,1-5H3/t19-,20-,21-,23+,24-,25-,26?,27-,28+/m0/s1. The summed E-state index contributed by atoms with van der Waals surface area (Å²) >= 11 is 0. The van der Waals surface area contributed by atoms with Crippen LogP contribution in [0.25, 0.3) is 0 Å². The third-order valence-electron chi connectivity index (χ3n) is 10.1. The van der Waals surface area contributed by atoms with Gasteiger partial charge < -0.3 is 24.1 Å². The van der Waals surface area contributed by atoms with Crippen molar-refractivity contribution in [3.8, 4) is 0 Å². The van der Waals surface area contributed by atoms with Crippen molar-refractivity contribution in [3.05, 3.63) is 23.8 Å². The van der Waals surface area contributed by atoms with Gasteiger partial charge in [0.1, 0.15) is 12.7 Å².